The van der Waals surface area contributed by atoms with Gasteiger partial charge in [0.15, 0.2) is 0 Å². The molecule has 20 N–H and O–H groups in total. The van der Waals surface area contributed by atoms with Crippen molar-refractivity contribution in [1.82, 2.24) is 71.1 Å². The van der Waals surface area contributed by atoms with E-state index in [0.717, 1.165) is 222 Å². The molecule has 2 atom stereocenters. The molecular formula is C99H237N21. The van der Waals surface area contributed by atoms with Gasteiger partial charge in [-0.1, -0.05) is 171 Å². The second-order valence-corrected chi connectivity index (χ2v) is 39.5. The van der Waals surface area contributed by atoms with Gasteiger partial charge in [0.2, 0.25) is 0 Å². The van der Waals surface area contributed by atoms with Crippen LogP contribution < -0.4 is 72.0 Å². The highest BCUT2D eigenvalue weighted by molar-refractivity contribution is 4.73. The predicted octanol–water partition coefficient (Wildman–Crippen LogP) is 14.8. The van der Waals surface area contributed by atoms with E-state index in [2.05, 4.69) is 266 Å². The minimum absolute atomic E-state index is 0.384. The van der Waals surface area contributed by atoms with Crippen LogP contribution in [-0.2, 0) is 0 Å². The van der Waals surface area contributed by atoms with E-state index in [4.69, 9.17) is 40.1 Å². The van der Waals surface area contributed by atoms with Crippen LogP contribution in [0.4, 0.5) is 0 Å². The third-order valence-corrected chi connectivity index (χ3v) is 21.1. The van der Waals surface area contributed by atoms with E-state index in [-0.39, 0.29) is 0 Å². The lowest BCUT2D eigenvalue weighted by Gasteiger charge is -2.34. The monoisotopic (exact) mass is 1720 g/mol. The van der Waals surface area contributed by atoms with Gasteiger partial charge in [-0.25, -0.2) is 0 Å². The van der Waals surface area contributed by atoms with E-state index >= 15 is 0 Å². The summed E-state index contributed by atoms with van der Waals surface area (Å²) in [4.78, 5) is 19.4. The van der Waals surface area contributed by atoms with Crippen LogP contribution in [0.1, 0.15) is 300 Å². The van der Waals surface area contributed by atoms with Crippen LogP contribution in [0.5, 0.6) is 0 Å². The summed E-state index contributed by atoms with van der Waals surface area (Å²) in [5.41, 5.74) is 38.0. The van der Waals surface area contributed by atoms with Crippen molar-refractivity contribution >= 4 is 0 Å². The first kappa shape index (κ1) is 137. The zero-order valence-corrected chi connectivity index (χ0v) is 88.1. The van der Waals surface area contributed by atoms with Crippen molar-refractivity contribution in [1.29, 1.82) is 0 Å². The molecule has 1 saturated heterocycles. The molecule has 0 amide bonds. The minimum atomic E-state index is 0.384. The van der Waals surface area contributed by atoms with Crippen LogP contribution in [0.2, 0.25) is 0 Å². The second kappa shape index (κ2) is 110. The van der Waals surface area contributed by atoms with Crippen LogP contribution >= 0.6 is 0 Å². The number of unbranched alkanes of at least 4 members (excludes halogenated alkanes) is 1. The summed E-state index contributed by atoms with van der Waals surface area (Å²) >= 11 is 0. The number of nitrogens with one attached hydrogen (secondary N) is 6. The van der Waals surface area contributed by atoms with Crippen LogP contribution in [0.25, 0.3) is 0 Å². The Morgan fingerprint density at radius 2 is 0.592 bits per heavy atom. The summed E-state index contributed by atoms with van der Waals surface area (Å²) in [6.45, 7) is 86.1. The van der Waals surface area contributed by atoms with Crippen molar-refractivity contribution in [3.63, 3.8) is 0 Å². The Kier molecular flexibility index (Phi) is 126. The van der Waals surface area contributed by atoms with Crippen molar-refractivity contribution in [2.24, 2.45) is 105 Å². The van der Waals surface area contributed by atoms with Gasteiger partial charge in [0.1, 0.15) is 0 Å². The number of hydrogen-bond acceptors (Lipinski definition) is 21. The maximum absolute atomic E-state index is 5.65. The highest BCUT2D eigenvalue weighted by Crippen LogP contribution is 2.18. The van der Waals surface area contributed by atoms with Gasteiger partial charge < -0.3 is 111 Å². The highest BCUT2D eigenvalue weighted by Gasteiger charge is 2.16. The molecule has 21 heteroatoms. The van der Waals surface area contributed by atoms with Gasteiger partial charge >= 0.3 is 0 Å². The van der Waals surface area contributed by atoms with Crippen molar-refractivity contribution in [3.05, 3.63) is 0 Å². The first-order valence-corrected chi connectivity index (χ1v) is 50.4. The summed E-state index contributed by atoms with van der Waals surface area (Å²) in [7, 11) is 19.0. The molecule has 1 aliphatic rings. The van der Waals surface area contributed by atoms with Gasteiger partial charge in [0, 0.05) is 97.7 Å². The first-order valence-electron chi connectivity index (χ1n) is 50.4. The molecule has 2 unspecified atom stereocenters. The van der Waals surface area contributed by atoms with E-state index in [0.29, 0.717) is 6.04 Å². The Morgan fingerprint density at radius 1 is 0.250 bits per heavy atom. The fraction of sp³-hybridized carbons (Fsp3) is 1.00. The van der Waals surface area contributed by atoms with Crippen LogP contribution in [0.3, 0.4) is 0 Å². The third-order valence-electron chi connectivity index (χ3n) is 21.1. The minimum Gasteiger partial charge on any atom is -0.330 e. The molecule has 0 bridgehead atoms. The van der Waals surface area contributed by atoms with E-state index in [9.17, 15) is 0 Å². The number of hydrogen-bond donors (Lipinski definition) is 13. The van der Waals surface area contributed by atoms with E-state index in [1.54, 1.807) is 0 Å². The number of piperazine rings is 1. The standard InChI is InChI=1S/C13H29N3.C12H28N2.C11H27N3.2C10H24N2.C10H23N.2C9H22N2.C8H20N2.C7H18N2/c1-13(2)5-3-7-15-9-11-16(12-10-15)8-4-6-14;1-12(2)8-6-10-14(5)11-7-9-13(3)4;1-11(2)5-8-14(9-6-12-3)10-7-13-4;1-10(2)6-4-8-12(3)9-5-7-11;1-10(2)6-3-4-8-12-9-5-7-11;1-8(2)9(3)6-5-7-10(4)11;1-9(2)5-7-11(4)8-6-10-3;1-9(2)5-3-7-11-8-4-6-10;1-8(2)4-6-10(3)7-5-9;1-7(2)3-5-9-6-4-8/h13H,3-12,14H2,1-2H3;12H,6-11H2,1-5H3;11-13H,5-10H2,1-4H3;10H,4-9,11H2,1-3H3;10,12H,3-9,11H2,1-2H3;8-10H,5-7,11H2,1-4H3;9-10H,5-8H2,1-4H3;9,11H,3-8,10H2,1-2H3;8H,4-7,9H2,1-3H3;7,9H,3-6,8H2,1-2H3. The Balaban J connectivity index is -0.000000164. The molecule has 0 spiro atoms. The number of nitrogens with zero attached hydrogens (tertiary/aromatic N) is 8. The van der Waals surface area contributed by atoms with Gasteiger partial charge in [-0.05, 0) is 382 Å². The second-order valence-electron chi connectivity index (χ2n) is 39.5. The van der Waals surface area contributed by atoms with Crippen molar-refractivity contribution in [2.75, 3.05) is 279 Å². The average Bonchev–Trinajstić information content (AvgIpc) is 0.917. The molecule has 1 rings (SSSR count). The number of nitrogens with two attached hydrogens (primary N) is 7. The fourth-order valence-electron chi connectivity index (χ4n) is 11.9. The zero-order chi connectivity index (χ0) is 93.4. The third kappa shape index (κ3) is 146. The lowest BCUT2D eigenvalue weighted by atomic mass is 9.92. The summed E-state index contributed by atoms with van der Waals surface area (Å²) in [6.07, 6.45) is 29.4. The molecule has 0 saturated carbocycles. The average molecular weight is 1720 g/mol. The van der Waals surface area contributed by atoms with Crippen LogP contribution in [0, 0.1) is 65.1 Å². The molecule has 0 aromatic carbocycles. The number of rotatable bonds is 67. The van der Waals surface area contributed by atoms with E-state index in [1.165, 1.54) is 207 Å². The lowest BCUT2D eigenvalue weighted by Crippen LogP contribution is -2.47. The van der Waals surface area contributed by atoms with Gasteiger partial charge in [-0.15, -0.1) is 0 Å². The fourth-order valence-corrected chi connectivity index (χ4v) is 11.9. The first-order chi connectivity index (χ1) is 56.8. The Hall–Kier alpha value is -0.840. The van der Waals surface area contributed by atoms with Crippen molar-refractivity contribution in [2.45, 2.75) is 306 Å². The molecule has 0 aromatic rings. The largest absolute Gasteiger partial charge is 0.330 e. The SMILES string of the molecule is CC(C)CCCCNCCCN.CC(C)CCCN(C)CCCN.CC(C)CCCN(C)CCCN(C)C.CC(C)CCCN1CCN(CCCN)CC1.CC(C)CCCNCCCN.CC(C)CCN(C)CCN.CC(C)CCNCCN.CC(N)CCCC(C)C(C)C.CNCCN(C)CCC(C)C.CNCCN(CCNC)CCC(C)C. The highest BCUT2D eigenvalue weighted by atomic mass is 15.3. The molecule has 0 aromatic heterocycles. The van der Waals surface area contributed by atoms with Crippen LogP contribution in [-0.4, -0.2) is 325 Å². The quantitative estimate of drug-likeness (QED) is 0.0252. The maximum Gasteiger partial charge on any atom is 0.0110 e. The van der Waals surface area contributed by atoms with E-state index in [1.807, 2.05) is 21.1 Å². The maximum atomic E-state index is 5.65. The summed E-state index contributed by atoms with van der Waals surface area (Å²) in [6, 6.07) is 0.384. The topological polar surface area (TPSA) is 280 Å². The van der Waals surface area contributed by atoms with Gasteiger partial charge in [-0.3, -0.25) is 0 Å². The Bertz CT molecular complexity index is 1720. The predicted molar refractivity (Wildman–Crippen MR) is 550 cm³/mol. The molecular weight excluding hydrogens is 1480 g/mol. The van der Waals surface area contributed by atoms with Gasteiger partial charge in [0.25, 0.3) is 0 Å². The molecule has 738 valence electrons. The van der Waals surface area contributed by atoms with E-state index < -0.39 is 0 Å². The molecule has 0 radical (unpaired) electrons. The smallest absolute Gasteiger partial charge is 0.0110 e. The molecule has 0 aliphatic carbocycles. The normalized spacial score (nSPS) is 12.9. The number of likely N-dealkylation sites (N-methyl/N-ethyl adjacent to an activating group) is 5. The van der Waals surface area contributed by atoms with Crippen molar-refractivity contribution in [3.8, 4) is 0 Å². The molecule has 21 nitrogen and oxygen atoms in total. The Morgan fingerprint density at radius 3 is 0.975 bits per heavy atom. The van der Waals surface area contributed by atoms with Gasteiger partial charge in [-0.2, -0.15) is 0 Å². The molecule has 1 aliphatic heterocycles. The summed E-state index contributed by atoms with van der Waals surface area (Å²) in [5.74, 6) is 9.16. The van der Waals surface area contributed by atoms with Crippen LogP contribution in [0.15, 0.2) is 0 Å². The van der Waals surface area contributed by atoms with Crippen molar-refractivity contribution < 1.29 is 0 Å². The molecule has 1 fully saturated rings. The summed E-state index contributed by atoms with van der Waals surface area (Å²) in [5, 5.41) is 19.5. The Labute approximate surface area is 757 Å². The molecule has 1 heterocycles. The zero-order valence-electron chi connectivity index (χ0n) is 88.1. The summed E-state index contributed by atoms with van der Waals surface area (Å²) < 4.78 is 0. The molecule has 120 heavy (non-hydrogen) atoms. The van der Waals surface area contributed by atoms with Gasteiger partial charge in [0.05, 0.1) is 0 Å². The lowest BCUT2D eigenvalue weighted by molar-refractivity contribution is 0.129.